The number of anilines is 1. The van der Waals surface area contributed by atoms with Crippen molar-refractivity contribution >= 4 is 57.3 Å². The molecule has 0 aliphatic heterocycles. The number of carbonyl (C=O) groups excluding carboxylic acids is 1. The second-order valence-electron chi connectivity index (χ2n) is 4.84. The maximum atomic E-state index is 12.3. The highest BCUT2D eigenvalue weighted by Crippen LogP contribution is 2.32. The third-order valence-electron chi connectivity index (χ3n) is 3.28. The molecule has 1 aromatic heterocycles. The Bertz CT molecular complexity index is 879. The average Bonchev–Trinajstić information content (AvgIpc) is 3.03. The molecule has 0 aliphatic carbocycles. The monoisotopic (exact) mass is 394 g/mol. The molecule has 0 bridgehead atoms. The number of rotatable bonds is 4. The Morgan fingerprint density at radius 3 is 2.58 bits per heavy atom. The summed E-state index contributed by atoms with van der Waals surface area (Å²) in [5.74, 6) is -0.189. The largest absolute Gasteiger partial charge is 0.298 e. The van der Waals surface area contributed by atoms with Crippen LogP contribution >= 0.6 is 46.3 Å². The van der Waals surface area contributed by atoms with Gasteiger partial charge in [-0.3, -0.25) is 10.1 Å². The number of amides is 1. The van der Waals surface area contributed by atoms with Crippen LogP contribution in [0.4, 0.5) is 5.13 Å². The molecule has 0 saturated heterocycles. The maximum absolute atomic E-state index is 12.3. The number of benzene rings is 2. The molecular weight excluding hydrogens is 383 g/mol. The summed E-state index contributed by atoms with van der Waals surface area (Å²) in [5, 5.41) is 6.28. The van der Waals surface area contributed by atoms with Gasteiger partial charge in [0.1, 0.15) is 0 Å². The van der Waals surface area contributed by atoms with Crippen molar-refractivity contribution < 1.29 is 4.79 Å². The summed E-state index contributed by atoms with van der Waals surface area (Å²) in [4.78, 5) is 17.8. The lowest BCUT2D eigenvalue weighted by atomic mass is 10.2. The van der Waals surface area contributed by atoms with Crippen LogP contribution in [-0.4, -0.2) is 17.1 Å². The molecule has 122 valence electrons. The minimum atomic E-state index is -0.189. The van der Waals surface area contributed by atoms with Crippen LogP contribution in [0.3, 0.4) is 0 Å². The van der Waals surface area contributed by atoms with E-state index in [-0.39, 0.29) is 5.91 Å². The highest BCUT2D eigenvalue weighted by Gasteiger charge is 2.12. The van der Waals surface area contributed by atoms with Crippen LogP contribution in [0.1, 0.15) is 10.4 Å². The van der Waals surface area contributed by atoms with Gasteiger partial charge >= 0.3 is 0 Å². The summed E-state index contributed by atoms with van der Waals surface area (Å²) < 4.78 is 0. The summed E-state index contributed by atoms with van der Waals surface area (Å²) in [6.45, 7) is 0. The van der Waals surface area contributed by atoms with Crippen molar-refractivity contribution in [2.75, 3.05) is 11.6 Å². The van der Waals surface area contributed by atoms with Gasteiger partial charge in [0.15, 0.2) is 5.13 Å². The van der Waals surface area contributed by atoms with Crippen LogP contribution < -0.4 is 5.32 Å². The summed E-state index contributed by atoms with van der Waals surface area (Å²) in [6.07, 6.45) is 1.99. The van der Waals surface area contributed by atoms with Gasteiger partial charge in [0.2, 0.25) is 0 Å². The Hall–Kier alpha value is -1.53. The van der Waals surface area contributed by atoms with Crippen LogP contribution in [0, 0.1) is 0 Å². The minimum Gasteiger partial charge on any atom is -0.298 e. The summed E-state index contributed by atoms with van der Waals surface area (Å²) >= 11 is 15.1. The number of hydrogen-bond acceptors (Lipinski definition) is 4. The van der Waals surface area contributed by atoms with Gasteiger partial charge < -0.3 is 0 Å². The lowest BCUT2D eigenvalue weighted by Crippen LogP contribution is -2.11. The first kappa shape index (κ1) is 17.3. The summed E-state index contributed by atoms with van der Waals surface area (Å²) in [7, 11) is 0. The minimum absolute atomic E-state index is 0.189. The van der Waals surface area contributed by atoms with Crippen LogP contribution in [0.25, 0.3) is 11.3 Å². The molecule has 2 aromatic carbocycles. The lowest BCUT2D eigenvalue weighted by molar-refractivity contribution is 0.102. The molecular formula is C17H12Cl2N2OS2. The van der Waals surface area contributed by atoms with Crippen molar-refractivity contribution in [2.24, 2.45) is 0 Å². The third-order valence-corrected chi connectivity index (χ3v) is 5.33. The first-order chi connectivity index (χ1) is 11.6. The van der Waals surface area contributed by atoms with Crippen molar-refractivity contribution in [3.63, 3.8) is 0 Å². The molecule has 0 atom stereocenters. The molecule has 0 radical (unpaired) electrons. The fraction of sp³-hybridized carbons (Fsp3) is 0.0588. The van der Waals surface area contributed by atoms with Gasteiger partial charge in [0.25, 0.3) is 5.91 Å². The molecule has 7 heteroatoms. The van der Waals surface area contributed by atoms with Gasteiger partial charge in [0.05, 0.1) is 10.7 Å². The second kappa shape index (κ2) is 7.57. The van der Waals surface area contributed by atoms with Crippen LogP contribution in [0.2, 0.25) is 10.0 Å². The number of aromatic nitrogens is 1. The molecule has 24 heavy (non-hydrogen) atoms. The second-order valence-corrected chi connectivity index (χ2v) is 7.43. The molecule has 3 aromatic rings. The summed E-state index contributed by atoms with van der Waals surface area (Å²) in [5.41, 5.74) is 2.07. The Morgan fingerprint density at radius 2 is 1.92 bits per heavy atom. The normalized spacial score (nSPS) is 10.6. The highest BCUT2D eigenvalue weighted by molar-refractivity contribution is 7.98. The molecule has 0 unspecified atom stereocenters. The van der Waals surface area contributed by atoms with Crippen molar-refractivity contribution in [1.82, 2.24) is 4.98 Å². The summed E-state index contributed by atoms with van der Waals surface area (Å²) in [6, 6.07) is 12.7. The predicted molar refractivity (Wildman–Crippen MR) is 104 cm³/mol. The van der Waals surface area contributed by atoms with E-state index in [1.165, 1.54) is 11.3 Å². The van der Waals surface area contributed by atoms with Crippen LogP contribution in [-0.2, 0) is 0 Å². The third kappa shape index (κ3) is 3.92. The number of thioether (sulfide) groups is 1. The van der Waals surface area contributed by atoms with Crippen molar-refractivity contribution in [3.8, 4) is 11.3 Å². The van der Waals surface area contributed by atoms with Crippen LogP contribution in [0.15, 0.2) is 52.7 Å². The first-order valence-electron chi connectivity index (χ1n) is 6.93. The molecule has 0 spiro atoms. The Labute approximate surface area is 158 Å². The molecule has 0 saturated carbocycles. The van der Waals surface area contributed by atoms with Crippen LogP contribution in [0.5, 0.6) is 0 Å². The number of thiazole rings is 1. The van der Waals surface area contributed by atoms with Gasteiger partial charge in [0, 0.05) is 26.4 Å². The number of halogens is 2. The smallest absolute Gasteiger partial charge is 0.257 e. The quantitative estimate of drug-likeness (QED) is 0.544. The van der Waals surface area contributed by atoms with Crippen molar-refractivity contribution in [1.29, 1.82) is 0 Å². The van der Waals surface area contributed by atoms with Gasteiger partial charge in [-0.15, -0.1) is 23.1 Å². The molecule has 0 aliphatic rings. The highest BCUT2D eigenvalue weighted by atomic mass is 35.5. The molecule has 3 nitrogen and oxygen atoms in total. The van der Waals surface area contributed by atoms with Gasteiger partial charge in [-0.25, -0.2) is 4.98 Å². The molecule has 1 amide bonds. The van der Waals surface area contributed by atoms with E-state index in [1.807, 2.05) is 29.8 Å². The Kier molecular flexibility index (Phi) is 5.46. The number of hydrogen-bond donors (Lipinski definition) is 1. The number of nitrogens with zero attached hydrogens (tertiary/aromatic N) is 1. The zero-order valence-corrected chi connectivity index (χ0v) is 15.7. The van der Waals surface area contributed by atoms with Gasteiger partial charge in [-0.2, -0.15) is 0 Å². The van der Waals surface area contributed by atoms with Gasteiger partial charge in [-0.1, -0.05) is 23.2 Å². The Balaban J connectivity index is 1.76. The van der Waals surface area contributed by atoms with E-state index < -0.39 is 0 Å². The molecule has 0 fully saturated rings. The fourth-order valence-corrected chi connectivity index (χ4v) is 3.68. The maximum Gasteiger partial charge on any atom is 0.257 e. The van der Waals surface area contributed by atoms with Crippen molar-refractivity contribution in [2.45, 2.75) is 4.90 Å². The Morgan fingerprint density at radius 1 is 1.17 bits per heavy atom. The van der Waals surface area contributed by atoms with E-state index in [0.29, 0.717) is 26.4 Å². The van der Waals surface area contributed by atoms with Gasteiger partial charge in [-0.05, 0) is 48.7 Å². The van der Waals surface area contributed by atoms with E-state index in [1.54, 1.807) is 36.0 Å². The number of carbonyl (C=O) groups is 1. The van der Waals surface area contributed by atoms with E-state index in [0.717, 1.165) is 10.5 Å². The fourth-order valence-electron chi connectivity index (χ4n) is 2.06. The molecule has 1 N–H and O–H groups in total. The van der Waals surface area contributed by atoms with E-state index >= 15 is 0 Å². The zero-order valence-electron chi connectivity index (χ0n) is 12.5. The standard InChI is InChI=1S/C17H12Cl2N2OS2/c1-23-12-5-2-10(3-6-12)16(22)21-17-20-15(9-24-17)13-7-4-11(18)8-14(13)19/h2-9H,1H3,(H,20,21,22). The lowest BCUT2D eigenvalue weighted by Gasteiger charge is -2.03. The van der Waals surface area contributed by atoms with E-state index in [9.17, 15) is 4.79 Å². The van der Waals surface area contributed by atoms with E-state index in [2.05, 4.69) is 10.3 Å². The molecule has 1 heterocycles. The SMILES string of the molecule is CSc1ccc(C(=O)Nc2nc(-c3ccc(Cl)cc3Cl)cs2)cc1. The number of nitrogens with one attached hydrogen (secondary N) is 1. The topological polar surface area (TPSA) is 42.0 Å². The van der Waals surface area contributed by atoms with Crippen molar-refractivity contribution in [3.05, 3.63) is 63.5 Å². The van der Waals surface area contributed by atoms with E-state index in [4.69, 9.17) is 23.2 Å². The average molecular weight is 395 g/mol. The zero-order chi connectivity index (χ0) is 17.1. The predicted octanol–water partition coefficient (Wildman–Crippen LogP) is 6.09. The first-order valence-corrected chi connectivity index (χ1v) is 9.79. The molecule has 3 rings (SSSR count).